The number of piperidine rings is 1. The lowest BCUT2D eigenvalue weighted by Crippen LogP contribution is -2.41. The van der Waals surface area contributed by atoms with Crippen LogP contribution in [0, 0.1) is 5.92 Å². The van der Waals surface area contributed by atoms with Crippen molar-refractivity contribution >= 4 is 29.9 Å². The van der Waals surface area contributed by atoms with Crippen LogP contribution >= 0.6 is 24.0 Å². The molecule has 2 fully saturated rings. The number of nitrogens with one attached hydrogen (secondary N) is 1. The minimum Gasteiger partial charge on any atom is -0.478 e. The molecule has 1 unspecified atom stereocenters. The van der Waals surface area contributed by atoms with Crippen LogP contribution in [0.4, 0.5) is 0 Å². The molecule has 2 saturated heterocycles. The van der Waals surface area contributed by atoms with Gasteiger partial charge in [0.2, 0.25) is 5.88 Å². The van der Waals surface area contributed by atoms with Crippen molar-refractivity contribution < 1.29 is 4.74 Å². The van der Waals surface area contributed by atoms with E-state index < -0.39 is 0 Å². The van der Waals surface area contributed by atoms with E-state index in [0.29, 0.717) is 19.0 Å². The lowest BCUT2D eigenvalue weighted by Gasteiger charge is -2.29. The first-order chi connectivity index (χ1) is 13.8. The summed E-state index contributed by atoms with van der Waals surface area (Å²) in [6, 6.07) is 4.01. The number of likely N-dealkylation sites (tertiary alicyclic amines) is 2. The highest BCUT2D eigenvalue weighted by atomic mass is 127. The van der Waals surface area contributed by atoms with Crippen LogP contribution in [0.3, 0.4) is 0 Å². The van der Waals surface area contributed by atoms with E-state index in [1.807, 2.05) is 12.3 Å². The van der Waals surface area contributed by atoms with Crippen molar-refractivity contribution in [3.05, 3.63) is 23.9 Å². The van der Waals surface area contributed by atoms with Gasteiger partial charge in [-0.3, -0.25) is 0 Å². The first-order valence-electron chi connectivity index (χ1n) is 11.1. The van der Waals surface area contributed by atoms with Crippen LogP contribution in [0.5, 0.6) is 5.88 Å². The number of halogens is 1. The van der Waals surface area contributed by atoms with Crippen molar-refractivity contribution in [2.75, 3.05) is 45.9 Å². The molecule has 0 saturated carbocycles. The Hall–Kier alpha value is -1.09. The summed E-state index contributed by atoms with van der Waals surface area (Å²) < 4.78 is 5.56. The van der Waals surface area contributed by atoms with Gasteiger partial charge in [0.05, 0.1) is 13.2 Å². The number of hydrogen-bond acceptors (Lipinski definition) is 4. The molecule has 0 bridgehead atoms. The van der Waals surface area contributed by atoms with Gasteiger partial charge in [-0.15, -0.1) is 24.0 Å². The standard InChI is InChI=1S/C22H37N5O.HI/c1-3-14-28-21-9-8-19(15-24-21)16-25-22(23-4-2)27-13-10-20(18-27)17-26-11-6-5-7-12-26;/h8-9,15,20H,3-7,10-14,16-18H2,1-2H3,(H,23,25);1H. The Labute approximate surface area is 193 Å². The third-order valence-electron chi connectivity index (χ3n) is 5.55. The summed E-state index contributed by atoms with van der Waals surface area (Å²) in [6.45, 7) is 12.5. The molecule has 2 aliphatic rings. The van der Waals surface area contributed by atoms with Gasteiger partial charge in [-0.05, 0) is 57.2 Å². The summed E-state index contributed by atoms with van der Waals surface area (Å²) in [7, 11) is 0. The largest absolute Gasteiger partial charge is 0.478 e. The van der Waals surface area contributed by atoms with Crippen molar-refractivity contribution in [3.8, 4) is 5.88 Å². The zero-order valence-corrected chi connectivity index (χ0v) is 20.4. The highest BCUT2D eigenvalue weighted by Gasteiger charge is 2.26. The lowest BCUT2D eigenvalue weighted by molar-refractivity contribution is 0.198. The minimum absolute atomic E-state index is 0. The van der Waals surface area contributed by atoms with E-state index in [0.717, 1.165) is 43.5 Å². The molecule has 29 heavy (non-hydrogen) atoms. The molecule has 0 aliphatic carbocycles. The summed E-state index contributed by atoms with van der Waals surface area (Å²) in [5.41, 5.74) is 1.11. The maximum atomic E-state index is 5.56. The number of nitrogens with zero attached hydrogens (tertiary/aromatic N) is 4. The quantitative estimate of drug-likeness (QED) is 0.325. The fourth-order valence-electron chi connectivity index (χ4n) is 4.07. The van der Waals surface area contributed by atoms with Gasteiger partial charge in [-0.2, -0.15) is 0 Å². The van der Waals surface area contributed by atoms with Gasteiger partial charge in [-0.1, -0.05) is 19.4 Å². The van der Waals surface area contributed by atoms with Crippen molar-refractivity contribution in [1.82, 2.24) is 20.1 Å². The normalized spacial score (nSPS) is 20.4. The molecule has 1 aromatic rings. The number of ether oxygens (including phenoxy) is 1. The number of aromatic nitrogens is 1. The summed E-state index contributed by atoms with van der Waals surface area (Å²) >= 11 is 0. The van der Waals surface area contributed by atoms with Crippen LogP contribution in [0.15, 0.2) is 23.3 Å². The molecule has 1 N–H and O–H groups in total. The predicted octanol–water partition coefficient (Wildman–Crippen LogP) is 3.76. The monoisotopic (exact) mass is 515 g/mol. The molecule has 0 radical (unpaired) electrons. The van der Waals surface area contributed by atoms with Gasteiger partial charge in [0.25, 0.3) is 0 Å². The highest BCUT2D eigenvalue weighted by Crippen LogP contribution is 2.20. The van der Waals surface area contributed by atoms with E-state index in [-0.39, 0.29) is 24.0 Å². The van der Waals surface area contributed by atoms with Crippen molar-refractivity contribution in [3.63, 3.8) is 0 Å². The highest BCUT2D eigenvalue weighted by molar-refractivity contribution is 14.0. The zero-order chi connectivity index (χ0) is 19.6. The van der Waals surface area contributed by atoms with E-state index in [2.05, 4.69) is 40.0 Å². The van der Waals surface area contributed by atoms with Crippen LogP contribution in [-0.4, -0.2) is 66.6 Å². The van der Waals surface area contributed by atoms with E-state index >= 15 is 0 Å². The maximum absolute atomic E-state index is 5.56. The van der Waals surface area contributed by atoms with Crippen LogP contribution < -0.4 is 10.1 Å². The third-order valence-corrected chi connectivity index (χ3v) is 5.55. The third kappa shape index (κ3) is 7.92. The van der Waals surface area contributed by atoms with Crippen molar-refractivity contribution in [2.45, 2.75) is 52.5 Å². The molecule has 0 aromatic carbocycles. The van der Waals surface area contributed by atoms with Gasteiger partial charge in [-0.25, -0.2) is 9.98 Å². The number of hydrogen-bond donors (Lipinski definition) is 1. The molecular weight excluding hydrogens is 477 g/mol. The van der Waals surface area contributed by atoms with E-state index in [4.69, 9.17) is 9.73 Å². The molecule has 1 aromatic heterocycles. The maximum Gasteiger partial charge on any atom is 0.213 e. The van der Waals surface area contributed by atoms with Crippen molar-refractivity contribution in [2.24, 2.45) is 10.9 Å². The first-order valence-corrected chi connectivity index (χ1v) is 11.1. The Bertz CT molecular complexity index is 604. The van der Waals surface area contributed by atoms with Crippen LogP contribution in [0.25, 0.3) is 0 Å². The second kappa shape index (κ2) is 13.3. The van der Waals surface area contributed by atoms with Crippen LogP contribution in [-0.2, 0) is 6.54 Å². The SMILES string of the molecule is CCCOc1ccc(CN=C(NCC)N2CCC(CN3CCCCC3)C2)cn1.I. The Morgan fingerprint density at radius 2 is 2.03 bits per heavy atom. The molecule has 2 aliphatic heterocycles. The minimum atomic E-state index is 0. The number of guanidine groups is 1. The topological polar surface area (TPSA) is 53.0 Å². The Balaban J connectivity index is 0.00000300. The number of aliphatic imine (C=N–C) groups is 1. The molecule has 164 valence electrons. The van der Waals surface area contributed by atoms with Crippen molar-refractivity contribution in [1.29, 1.82) is 0 Å². The van der Waals surface area contributed by atoms with Crippen LogP contribution in [0.2, 0.25) is 0 Å². The van der Waals surface area contributed by atoms with E-state index in [9.17, 15) is 0 Å². The average molecular weight is 515 g/mol. The fourth-order valence-corrected chi connectivity index (χ4v) is 4.07. The summed E-state index contributed by atoms with van der Waals surface area (Å²) in [5, 5.41) is 3.48. The van der Waals surface area contributed by atoms with Gasteiger partial charge in [0.1, 0.15) is 0 Å². The molecular formula is C22H38IN5O. The van der Waals surface area contributed by atoms with Gasteiger partial charge >= 0.3 is 0 Å². The molecule has 3 rings (SSSR count). The lowest BCUT2D eigenvalue weighted by atomic mass is 10.1. The molecule has 0 spiro atoms. The number of pyridine rings is 1. The summed E-state index contributed by atoms with van der Waals surface area (Å²) in [5.74, 6) is 2.50. The van der Waals surface area contributed by atoms with Gasteiger partial charge in [0, 0.05) is 38.4 Å². The number of rotatable bonds is 8. The fraction of sp³-hybridized carbons (Fsp3) is 0.727. The molecule has 7 heteroatoms. The Morgan fingerprint density at radius 3 is 2.72 bits per heavy atom. The van der Waals surface area contributed by atoms with Gasteiger partial charge < -0.3 is 19.9 Å². The Kier molecular flexibility index (Phi) is 11.1. The summed E-state index contributed by atoms with van der Waals surface area (Å²) in [4.78, 5) is 14.4. The second-order valence-electron chi connectivity index (χ2n) is 7.99. The molecule has 1 atom stereocenters. The molecule has 0 amide bonds. The Morgan fingerprint density at radius 1 is 1.21 bits per heavy atom. The second-order valence-corrected chi connectivity index (χ2v) is 7.99. The average Bonchev–Trinajstić information content (AvgIpc) is 3.19. The van der Waals surface area contributed by atoms with E-state index in [1.54, 1.807) is 0 Å². The zero-order valence-electron chi connectivity index (χ0n) is 18.1. The molecule has 3 heterocycles. The van der Waals surface area contributed by atoms with Gasteiger partial charge in [0.15, 0.2) is 5.96 Å². The smallest absolute Gasteiger partial charge is 0.213 e. The van der Waals surface area contributed by atoms with Crippen LogP contribution in [0.1, 0.15) is 51.5 Å². The first kappa shape index (κ1) is 24.2. The summed E-state index contributed by atoms with van der Waals surface area (Å²) in [6.07, 6.45) is 8.29. The predicted molar refractivity (Wildman–Crippen MR) is 130 cm³/mol. The van der Waals surface area contributed by atoms with E-state index in [1.165, 1.54) is 45.3 Å². The molecule has 6 nitrogen and oxygen atoms in total.